The maximum absolute atomic E-state index is 12.3. The third-order valence-corrected chi connectivity index (χ3v) is 3.95. The molecular weight excluding hydrogens is 342 g/mol. The summed E-state index contributed by atoms with van der Waals surface area (Å²) in [6.07, 6.45) is 0. The average Bonchev–Trinajstić information content (AvgIpc) is 2.43. The van der Waals surface area contributed by atoms with E-state index in [4.69, 9.17) is 16.3 Å². The second kappa shape index (κ2) is 6.29. The second-order valence-corrected chi connectivity index (χ2v) is 5.55. The molecule has 0 aliphatic carbocycles. The van der Waals surface area contributed by atoms with Crippen molar-refractivity contribution in [3.8, 4) is 5.75 Å². The Labute approximate surface area is 131 Å². The zero-order valence-corrected chi connectivity index (χ0v) is 13.4. The first-order valence-corrected chi connectivity index (χ1v) is 7.09. The topological polar surface area (TPSA) is 38.3 Å². The van der Waals surface area contributed by atoms with E-state index in [1.54, 1.807) is 18.2 Å². The van der Waals surface area contributed by atoms with Crippen LogP contribution in [0.4, 0.5) is 5.69 Å². The van der Waals surface area contributed by atoms with Crippen LogP contribution in [0, 0.1) is 6.92 Å². The number of hydrogen-bond acceptors (Lipinski definition) is 2. The lowest BCUT2D eigenvalue weighted by Gasteiger charge is -2.10. The number of aryl methyl sites for hydroxylation is 1. The number of ether oxygens (including phenoxy) is 1. The highest BCUT2D eigenvalue weighted by Crippen LogP contribution is 2.25. The minimum absolute atomic E-state index is 0.258. The molecule has 0 bridgehead atoms. The summed E-state index contributed by atoms with van der Waals surface area (Å²) in [4.78, 5) is 12.3. The van der Waals surface area contributed by atoms with E-state index in [2.05, 4.69) is 21.2 Å². The molecule has 0 spiro atoms. The van der Waals surface area contributed by atoms with Gasteiger partial charge in [0, 0.05) is 15.2 Å². The number of hydrogen-bond donors (Lipinski definition) is 1. The van der Waals surface area contributed by atoms with Gasteiger partial charge in [0.15, 0.2) is 0 Å². The van der Waals surface area contributed by atoms with Gasteiger partial charge >= 0.3 is 0 Å². The summed E-state index contributed by atoms with van der Waals surface area (Å²) in [6, 6.07) is 10.5. The predicted molar refractivity (Wildman–Crippen MR) is 84.8 cm³/mol. The number of amides is 1. The third-order valence-electron chi connectivity index (χ3n) is 2.82. The van der Waals surface area contributed by atoms with Gasteiger partial charge < -0.3 is 10.1 Å². The largest absolute Gasteiger partial charge is 0.496 e. The number of nitrogens with one attached hydrogen (secondary N) is 1. The van der Waals surface area contributed by atoms with Gasteiger partial charge in [-0.25, -0.2) is 0 Å². The van der Waals surface area contributed by atoms with Crippen molar-refractivity contribution >= 4 is 39.1 Å². The standard InChI is InChI=1S/C15H13BrClNO2/c1-9-7-11(4-5-13(9)16)18-15(19)12-8-10(17)3-6-14(12)20-2/h3-8H,1-2H3,(H,18,19). The SMILES string of the molecule is COc1ccc(Cl)cc1C(=O)Nc1ccc(Br)c(C)c1. The monoisotopic (exact) mass is 353 g/mol. The normalized spacial score (nSPS) is 10.2. The van der Waals surface area contributed by atoms with Gasteiger partial charge in [0.2, 0.25) is 0 Å². The van der Waals surface area contributed by atoms with Crippen LogP contribution < -0.4 is 10.1 Å². The Morgan fingerprint density at radius 1 is 1.25 bits per heavy atom. The molecule has 0 heterocycles. The molecule has 5 heteroatoms. The summed E-state index contributed by atoms with van der Waals surface area (Å²) in [5, 5.41) is 3.32. The number of benzene rings is 2. The number of carbonyl (C=O) groups is 1. The summed E-state index contributed by atoms with van der Waals surface area (Å²) in [5.74, 6) is 0.229. The third kappa shape index (κ3) is 3.32. The number of halogens is 2. The van der Waals surface area contributed by atoms with Gasteiger partial charge in [-0.1, -0.05) is 27.5 Å². The van der Waals surface area contributed by atoms with E-state index in [1.165, 1.54) is 7.11 Å². The van der Waals surface area contributed by atoms with Crippen molar-refractivity contribution < 1.29 is 9.53 Å². The number of rotatable bonds is 3. The summed E-state index contributed by atoms with van der Waals surface area (Å²) >= 11 is 9.35. The number of anilines is 1. The average molecular weight is 355 g/mol. The fourth-order valence-electron chi connectivity index (χ4n) is 1.78. The molecule has 2 rings (SSSR count). The van der Waals surface area contributed by atoms with Crippen molar-refractivity contribution in [2.75, 3.05) is 12.4 Å². The zero-order valence-electron chi connectivity index (χ0n) is 11.0. The molecule has 2 aromatic carbocycles. The van der Waals surface area contributed by atoms with Crippen molar-refractivity contribution in [1.29, 1.82) is 0 Å². The Kier molecular flexibility index (Phi) is 4.68. The van der Waals surface area contributed by atoms with Gasteiger partial charge in [-0.05, 0) is 48.9 Å². The van der Waals surface area contributed by atoms with Crippen molar-refractivity contribution in [3.05, 3.63) is 57.0 Å². The minimum Gasteiger partial charge on any atom is -0.496 e. The Hall–Kier alpha value is -1.52. The molecule has 0 atom stereocenters. The smallest absolute Gasteiger partial charge is 0.259 e. The molecular formula is C15H13BrClNO2. The highest BCUT2D eigenvalue weighted by atomic mass is 79.9. The molecule has 0 unspecified atom stereocenters. The van der Waals surface area contributed by atoms with E-state index < -0.39 is 0 Å². The van der Waals surface area contributed by atoms with Gasteiger partial charge in [-0.2, -0.15) is 0 Å². The van der Waals surface area contributed by atoms with Gasteiger partial charge in [0.05, 0.1) is 12.7 Å². The molecule has 0 fully saturated rings. The lowest BCUT2D eigenvalue weighted by molar-refractivity contribution is 0.102. The molecule has 1 amide bonds. The first-order valence-electron chi connectivity index (χ1n) is 5.92. The van der Waals surface area contributed by atoms with Crippen LogP contribution in [0.1, 0.15) is 15.9 Å². The summed E-state index contributed by atoms with van der Waals surface area (Å²) in [7, 11) is 1.52. The summed E-state index contributed by atoms with van der Waals surface area (Å²) < 4.78 is 6.17. The van der Waals surface area contributed by atoms with Crippen LogP contribution in [0.2, 0.25) is 5.02 Å². The molecule has 0 saturated heterocycles. The zero-order chi connectivity index (χ0) is 14.7. The first-order chi connectivity index (χ1) is 9.51. The predicted octanol–water partition coefficient (Wildman–Crippen LogP) is 4.67. The Morgan fingerprint density at radius 3 is 2.65 bits per heavy atom. The molecule has 0 radical (unpaired) electrons. The number of methoxy groups -OCH3 is 1. The van der Waals surface area contributed by atoms with Crippen LogP contribution in [0.3, 0.4) is 0 Å². The Bertz CT molecular complexity index is 658. The van der Waals surface area contributed by atoms with E-state index in [0.29, 0.717) is 16.3 Å². The Balaban J connectivity index is 2.27. The van der Waals surface area contributed by atoms with E-state index in [0.717, 1.165) is 15.7 Å². The van der Waals surface area contributed by atoms with Gasteiger partial charge in [0.1, 0.15) is 5.75 Å². The van der Waals surface area contributed by atoms with Crippen LogP contribution in [-0.4, -0.2) is 13.0 Å². The molecule has 0 saturated carbocycles. The van der Waals surface area contributed by atoms with E-state index in [1.807, 2.05) is 25.1 Å². The quantitative estimate of drug-likeness (QED) is 0.869. The van der Waals surface area contributed by atoms with E-state index >= 15 is 0 Å². The molecule has 104 valence electrons. The van der Waals surface area contributed by atoms with E-state index in [-0.39, 0.29) is 5.91 Å². The highest BCUT2D eigenvalue weighted by molar-refractivity contribution is 9.10. The molecule has 0 aliphatic heterocycles. The maximum atomic E-state index is 12.3. The highest BCUT2D eigenvalue weighted by Gasteiger charge is 2.13. The number of carbonyl (C=O) groups excluding carboxylic acids is 1. The molecule has 1 N–H and O–H groups in total. The van der Waals surface area contributed by atoms with Crippen molar-refractivity contribution in [2.24, 2.45) is 0 Å². The summed E-state index contributed by atoms with van der Waals surface area (Å²) in [5.41, 5.74) is 2.17. The molecule has 3 nitrogen and oxygen atoms in total. The fraction of sp³-hybridized carbons (Fsp3) is 0.133. The van der Waals surface area contributed by atoms with Crippen molar-refractivity contribution in [3.63, 3.8) is 0 Å². The fourth-order valence-corrected chi connectivity index (χ4v) is 2.20. The second-order valence-electron chi connectivity index (χ2n) is 4.26. The minimum atomic E-state index is -0.258. The molecule has 2 aromatic rings. The lowest BCUT2D eigenvalue weighted by atomic mass is 10.1. The van der Waals surface area contributed by atoms with Crippen LogP contribution in [0.5, 0.6) is 5.75 Å². The summed E-state index contributed by atoms with van der Waals surface area (Å²) in [6.45, 7) is 1.96. The molecule has 20 heavy (non-hydrogen) atoms. The van der Waals surface area contributed by atoms with Crippen LogP contribution in [-0.2, 0) is 0 Å². The molecule has 0 aromatic heterocycles. The van der Waals surface area contributed by atoms with Crippen molar-refractivity contribution in [2.45, 2.75) is 6.92 Å². The molecule has 0 aliphatic rings. The lowest BCUT2D eigenvalue weighted by Crippen LogP contribution is -2.13. The van der Waals surface area contributed by atoms with Crippen molar-refractivity contribution in [1.82, 2.24) is 0 Å². The van der Waals surface area contributed by atoms with Crippen LogP contribution in [0.25, 0.3) is 0 Å². The van der Waals surface area contributed by atoms with Crippen LogP contribution >= 0.6 is 27.5 Å². The maximum Gasteiger partial charge on any atom is 0.259 e. The Morgan fingerprint density at radius 2 is 2.00 bits per heavy atom. The van der Waals surface area contributed by atoms with Crippen LogP contribution in [0.15, 0.2) is 40.9 Å². The van der Waals surface area contributed by atoms with Gasteiger partial charge in [-0.3, -0.25) is 4.79 Å². The first kappa shape index (κ1) is 14.9. The van der Waals surface area contributed by atoms with E-state index in [9.17, 15) is 4.79 Å². The van der Waals surface area contributed by atoms with Gasteiger partial charge in [-0.15, -0.1) is 0 Å². The van der Waals surface area contributed by atoms with Gasteiger partial charge in [0.25, 0.3) is 5.91 Å².